The first-order valence-corrected chi connectivity index (χ1v) is 11.5. The molecule has 5 rings (SSSR count). The monoisotopic (exact) mass is 446 g/mol. The van der Waals surface area contributed by atoms with Crippen molar-refractivity contribution in [1.29, 1.82) is 0 Å². The minimum Gasteiger partial charge on any atom is -0.431 e. The third-order valence-corrected chi connectivity index (χ3v) is 7.46. The summed E-state index contributed by atoms with van der Waals surface area (Å²) >= 11 is 0. The van der Waals surface area contributed by atoms with Crippen molar-refractivity contribution in [3.8, 4) is 17.0 Å². The van der Waals surface area contributed by atoms with E-state index in [9.17, 15) is 8.78 Å². The zero-order valence-electron chi connectivity index (χ0n) is 18.9. The van der Waals surface area contributed by atoms with Crippen LogP contribution in [0, 0.1) is 11.8 Å². The molecule has 2 aliphatic carbocycles. The van der Waals surface area contributed by atoms with E-state index in [2.05, 4.69) is 51.2 Å². The number of nitrogens with zero attached hydrogens (tertiary/aromatic N) is 5. The molecule has 0 spiro atoms. The van der Waals surface area contributed by atoms with E-state index in [4.69, 9.17) is 10.8 Å². The van der Waals surface area contributed by atoms with Crippen LogP contribution < -0.4 is 10.5 Å². The molecule has 2 aromatic rings. The SMILES string of the molecule is CC(C)n1nc(-c2cnc(N)c(OC(F)F)c2)cc1C1[C@H]2CC(N3CCN(C)CC3)C[C@@H]12. The minimum absolute atomic E-state index is 0.0516. The van der Waals surface area contributed by atoms with Crippen molar-refractivity contribution in [3.63, 3.8) is 0 Å². The summed E-state index contributed by atoms with van der Waals surface area (Å²) in [5.41, 5.74) is 8.30. The zero-order valence-corrected chi connectivity index (χ0v) is 18.9. The second kappa shape index (κ2) is 8.26. The van der Waals surface area contributed by atoms with Crippen LogP contribution in [-0.2, 0) is 0 Å². The number of nitrogen functional groups attached to an aromatic ring is 1. The van der Waals surface area contributed by atoms with Crippen molar-refractivity contribution in [2.24, 2.45) is 11.8 Å². The maximum atomic E-state index is 12.7. The van der Waals surface area contributed by atoms with Crippen LogP contribution in [0.25, 0.3) is 11.3 Å². The summed E-state index contributed by atoms with van der Waals surface area (Å²) in [6.45, 7) is 5.96. The predicted molar refractivity (Wildman–Crippen MR) is 119 cm³/mol. The molecule has 0 radical (unpaired) electrons. The Morgan fingerprint density at radius 1 is 1.09 bits per heavy atom. The van der Waals surface area contributed by atoms with Gasteiger partial charge in [-0.15, -0.1) is 0 Å². The number of pyridine rings is 1. The number of halogens is 2. The van der Waals surface area contributed by atoms with Gasteiger partial charge in [0.1, 0.15) is 0 Å². The Balaban J connectivity index is 1.34. The molecule has 3 fully saturated rings. The smallest absolute Gasteiger partial charge is 0.387 e. The highest BCUT2D eigenvalue weighted by molar-refractivity contribution is 5.64. The summed E-state index contributed by atoms with van der Waals surface area (Å²) < 4.78 is 32.0. The summed E-state index contributed by atoms with van der Waals surface area (Å²) in [6.07, 6.45) is 4.09. The van der Waals surface area contributed by atoms with Crippen LogP contribution in [0.2, 0.25) is 0 Å². The van der Waals surface area contributed by atoms with Gasteiger partial charge in [0, 0.05) is 61.6 Å². The number of ether oxygens (including phenoxy) is 1. The summed E-state index contributed by atoms with van der Waals surface area (Å²) in [6, 6.07) is 4.53. The third-order valence-electron chi connectivity index (χ3n) is 7.46. The molecular formula is C23H32F2N6O. The van der Waals surface area contributed by atoms with Gasteiger partial charge in [-0.1, -0.05) is 0 Å². The molecule has 1 saturated heterocycles. The molecule has 7 nitrogen and oxygen atoms in total. The normalized spacial score (nSPS) is 28.5. The Hall–Kier alpha value is -2.26. The number of nitrogens with two attached hydrogens (primary N) is 1. The third kappa shape index (κ3) is 3.96. The van der Waals surface area contributed by atoms with Crippen LogP contribution in [0.5, 0.6) is 5.75 Å². The summed E-state index contributed by atoms with van der Waals surface area (Å²) in [4.78, 5) is 9.12. The molecule has 2 saturated carbocycles. The van der Waals surface area contributed by atoms with Gasteiger partial charge in [0.25, 0.3) is 0 Å². The van der Waals surface area contributed by atoms with Gasteiger partial charge in [-0.05, 0) is 57.7 Å². The lowest BCUT2D eigenvalue weighted by Gasteiger charge is -2.37. The number of alkyl halides is 2. The number of hydrogen-bond donors (Lipinski definition) is 1. The van der Waals surface area contributed by atoms with Crippen LogP contribution in [0.4, 0.5) is 14.6 Å². The number of aromatic nitrogens is 3. The Morgan fingerprint density at radius 3 is 2.41 bits per heavy atom. The molecule has 0 bridgehead atoms. The lowest BCUT2D eigenvalue weighted by Crippen LogP contribution is -2.48. The Kier molecular flexibility index (Phi) is 5.57. The maximum Gasteiger partial charge on any atom is 0.387 e. The number of piperazine rings is 1. The average molecular weight is 447 g/mol. The molecule has 32 heavy (non-hydrogen) atoms. The Labute approximate surface area is 187 Å². The second-order valence-corrected chi connectivity index (χ2v) is 9.80. The van der Waals surface area contributed by atoms with Crippen molar-refractivity contribution in [2.45, 2.75) is 51.3 Å². The van der Waals surface area contributed by atoms with Gasteiger partial charge in [-0.2, -0.15) is 13.9 Å². The lowest BCUT2D eigenvalue weighted by atomic mass is 10.0. The molecule has 0 aromatic carbocycles. The van der Waals surface area contributed by atoms with Crippen LogP contribution >= 0.6 is 0 Å². The molecule has 2 aromatic heterocycles. The van der Waals surface area contributed by atoms with Crippen LogP contribution in [0.3, 0.4) is 0 Å². The van der Waals surface area contributed by atoms with Gasteiger partial charge in [0.15, 0.2) is 11.6 Å². The van der Waals surface area contributed by atoms with Gasteiger partial charge in [0.05, 0.1) is 5.69 Å². The van der Waals surface area contributed by atoms with E-state index in [0.29, 0.717) is 29.4 Å². The van der Waals surface area contributed by atoms with Crippen molar-refractivity contribution >= 4 is 5.82 Å². The van der Waals surface area contributed by atoms with Crippen LogP contribution in [0.15, 0.2) is 18.3 Å². The van der Waals surface area contributed by atoms with E-state index < -0.39 is 6.61 Å². The van der Waals surface area contributed by atoms with Crippen LogP contribution in [-0.4, -0.2) is 70.4 Å². The fourth-order valence-corrected chi connectivity index (χ4v) is 5.73. The molecule has 2 N–H and O–H groups in total. The zero-order chi connectivity index (χ0) is 22.6. The first-order valence-electron chi connectivity index (χ1n) is 11.5. The number of anilines is 1. The summed E-state index contributed by atoms with van der Waals surface area (Å²) in [7, 11) is 2.20. The highest BCUT2D eigenvalue weighted by atomic mass is 19.3. The molecule has 2 unspecified atom stereocenters. The fraction of sp³-hybridized carbons (Fsp3) is 0.652. The highest BCUT2D eigenvalue weighted by Gasteiger charge is 2.58. The standard InChI is InChI=1S/C23H32F2N6O/c1-13(2)31-19(11-18(28-31)14-8-20(32-23(24)25)22(26)27-12-14)21-16-9-15(10-17(16)21)30-6-4-29(3)5-7-30/h8,11-13,15-17,21,23H,4-7,9-10H2,1-3H3,(H2,26,27)/t15?,16-,17+,21?. The molecule has 174 valence electrons. The van der Waals surface area contributed by atoms with Crippen molar-refractivity contribution in [2.75, 3.05) is 39.0 Å². The Morgan fingerprint density at radius 2 is 1.78 bits per heavy atom. The van der Waals surface area contributed by atoms with Gasteiger partial charge in [0.2, 0.25) is 0 Å². The maximum absolute atomic E-state index is 12.7. The first kappa shape index (κ1) is 21.6. The quantitative estimate of drug-likeness (QED) is 0.733. The molecule has 3 heterocycles. The minimum atomic E-state index is -2.95. The van der Waals surface area contributed by atoms with Crippen molar-refractivity contribution in [1.82, 2.24) is 24.6 Å². The van der Waals surface area contributed by atoms with Crippen molar-refractivity contribution < 1.29 is 13.5 Å². The molecule has 0 amide bonds. The number of likely N-dealkylation sites (N-methyl/N-ethyl adjacent to an activating group) is 1. The predicted octanol–water partition coefficient (Wildman–Crippen LogP) is 3.45. The van der Waals surface area contributed by atoms with Gasteiger partial charge in [-0.3, -0.25) is 9.58 Å². The molecular weight excluding hydrogens is 414 g/mol. The summed E-state index contributed by atoms with van der Waals surface area (Å²) in [5, 5.41) is 4.81. The van der Waals surface area contributed by atoms with E-state index in [1.165, 1.54) is 37.7 Å². The fourth-order valence-electron chi connectivity index (χ4n) is 5.73. The molecule has 4 atom stereocenters. The Bertz CT molecular complexity index is 959. The first-order chi connectivity index (χ1) is 15.3. The topological polar surface area (TPSA) is 72.4 Å². The average Bonchev–Trinajstić information content (AvgIpc) is 3.09. The van der Waals surface area contributed by atoms with Gasteiger partial charge < -0.3 is 15.4 Å². The molecule has 3 aliphatic rings. The van der Waals surface area contributed by atoms with Gasteiger partial charge in [-0.25, -0.2) is 4.98 Å². The van der Waals surface area contributed by atoms with Gasteiger partial charge >= 0.3 is 6.61 Å². The number of fused-ring (bicyclic) bond motifs is 1. The lowest BCUT2D eigenvalue weighted by molar-refractivity contribution is -0.0494. The van der Waals surface area contributed by atoms with E-state index >= 15 is 0 Å². The largest absolute Gasteiger partial charge is 0.431 e. The number of rotatable bonds is 6. The van der Waals surface area contributed by atoms with Crippen molar-refractivity contribution in [3.05, 3.63) is 24.0 Å². The second-order valence-electron chi connectivity index (χ2n) is 9.80. The van der Waals surface area contributed by atoms with E-state index in [1.807, 2.05) is 0 Å². The molecule has 1 aliphatic heterocycles. The summed E-state index contributed by atoms with van der Waals surface area (Å²) in [5.74, 6) is 1.79. The van der Waals surface area contributed by atoms with E-state index in [-0.39, 0.29) is 17.6 Å². The highest BCUT2D eigenvalue weighted by Crippen LogP contribution is 2.64. The number of hydrogen-bond acceptors (Lipinski definition) is 6. The van der Waals surface area contributed by atoms with E-state index in [0.717, 1.165) is 18.8 Å². The van der Waals surface area contributed by atoms with Crippen LogP contribution in [0.1, 0.15) is 44.3 Å². The molecule has 9 heteroatoms. The van der Waals surface area contributed by atoms with E-state index in [1.54, 1.807) is 6.20 Å².